The average Bonchev–Trinajstić information content (AvgIpc) is 2.69. The SMILES string of the molecule is CC(C)CNC(=O)[C@@H]1C[C@H]2CN(S(=O)(=O)CC(C)C)C[C@@H]1O2. The topological polar surface area (TPSA) is 75.7 Å². The second-order valence-electron chi connectivity index (χ2n) is 7.27. The molecule has 0 unspecified atom stereocenters. The van der Waals surface area contributed by atoms with Crippen LogP contribution in [0.1, 0.15) is 34.1 Å². The summed E-state index contributed by atoms with van der Waals surface area (Å²) in [5.74, 6) is 0.396. The highest BCUT2D eigenvalue weighted by molar-refractivity contribution is 7.89. The number of nitrogens with one attached hydrogen (secondary N) is 1. The summed E-state index contributed by atoms with van der Waals surface area (Å²) in [6.07, 6.45) is 0.144. The molecule has 0 spiro atoms. The van der Waals surface area contributed by atoms with E-state index in [0.717, 1.165) is 0 Å². The van der Waals surface area contributed by atoms with Crippen molar-refractivity contribution in [3.63, 3.8) is 0 Å². The fourth-order valence-corrected chi connectivity index (χ4v) is 4.91. The van der Waals surface area contributed by atoms with Gasteiger partial charge in [0.1, 0.15) is 0 Å². The minimum Gasteiger partial charge on any atom is -0.371 e. The van der Waals surface area contributed by atoms with E-state index in [1.165, 1.54) is 4.31 Å². The molecule has 2 aliphatic heterocycles. The average molecular weight is 332 g/mol. The maximum atomic E-state index is 12.4. The van der Waals surface area contributed by atoms with Crippen LogP contribution in [-0.2, 0) is 19.6 Å². The van der Waals surface area contributed by atoms with Crippen LogP contribution in [-0.4, -0.2) is 56.2 Å². The molecule has 2 bridgehead atoms. The third-order valence-electron chi connectivity index (χ3n) is 4.08. The summed E-state index contributed by atoms with van der Waals surface area (Å²) < 4.78 is 32.1. The van der Waals surface area contributed by atoms with Gasteiger partial charge in [-0.15, -0.1) is 0 Å². The summed E-state index contributed by atoms with van der Waals surface area (Å²) >= 11 is 0. The molecule has 2 saturated heterocycles. The summed E-state index contributed by atoms with van der Waals surface area (Å²) in [6.45, 7) is 9.20. The Hall–Kier alpha value is -0.660. The van der Waals surface area contributed by atoms with Crippen LogP contribution in [0.4, 0.5) is 0 Å². The van der Waals surface area contributed by atoms with Crippen molar-refractivity contribution in [3.05, 3.63) is 0 Å². The molecule has 3 atom stereocenters. The molecule has 0 aliphatic carbocycles. The summed E-state index contributed by atoms with van der Waals surface area (Å²) in [4.78, 5) is 12.3. The second kappa shape index (κ2) is 6.84. The van der Waals surface area contributed by atoms with Crippen molar-refractivity contribution < 1.29 is 17.9 Å². The van der Waals surface area contributed by atoms with Gasteiger partial charge in [-0.05, 0) is 18.3 Å². The van der Waals surface area contributed by atoms with Gasteiger partial charge < -0.3 is 10.1 Å². The lowest BCUT2D eigenvalue weighted by atomic mass is 9.99. The first-order valence-corrected chi connectivity index (χ1v) is 9.71. The zero-order valence-electron chi connectivity index (χ0n) is 13.9. The normalized spacial score (nSPS) is 29.3. The summed E-state index contributed by atoms with van der Waals surface area (Å²) in [7, 11) is -3.26. The molecule has 0 radical (unpaired) electrons. The van der Waals surface area contributed by atoms with Crippen molar-refractivity contribution >= 4 is 15.9 Å². The molecule has 0 saturated carbocycles. The largest absolute Gasteiger partial charge is 0.371 e. The zero-order valence-corrected chi connectivity index (χ0v) is 14.7. The van der Waals surface area contributed by atoms with Gasteiger partial charge in [0.15, 0.2) is 0 Å². The quantitative estimate of drug-likeness (QED) is 0.782. The highest BCUT2D eigenvalue weighted by Gasteiger charge is 2.47. The zero-order chi connectivity index (χ0) is 16.5. The first-order valence-electron chi connectivity index (χ1n) is 8.10. The minimum atomic E-state index is -3.26. The van der Waals surface area contributed by atoms with Gasteiger partial charge in [-0.25, -0.2) is 8.42 Å². The first kappa shape index (κ1) is 17.7. The van der Waals surface area contributed by atoms with Gasteiger partial charge in [0.2, 0.25) is 15.9 Å². The van der Waals surface area contributed by atoms with Gasteiger partial charge in [0.05, 0.1) is 23.9 Å². The predicted molar refractivity (Wildman–Crippen MR) is 84.8 cm³/mol. The van der Waals surface area contributed by atoms with Crippen LogP contribution in [0, 0.1) is 17.8 Å². The number of sulfonamides is 1. The lowest BCUT2D eigenvalue weighted by molar-refractivity contribution is -0.127. The van der Waals surface area contributed by atoms with Gasteiger partial charge in [-0.2, -0.15) is 4.31 Å². The van der Waals surface area contributed by atoms with E-state index in [-0.39, 0.29) is 35.7 Å². The Morgan fingerprint density at radius 1 is 1.23 bits per heavy atom. The van der Waals surface area contributed by atoms with Gasteiger partial charge in [-0.3, -0.25) is 4.79 Å². The van der Waals surface area contributed by atoms with Crippen molar-refractivity contribution in [1.82, 2.24) is 9.62 Å². The van der Waals surface area contributed by atoms with E-state index in [1.807, 2.05) is 27.7 Å². The number of ether oxygens (including phenoxy) is 1. The van der Waals surface area contributed by atoms with Gasteiger partial charge in [0, 0.05) is 19.6 Å². The fraction of sp³-hybridized carbons (Fsp3) is 0.933. The molecule has 2 rings (SSSR count). The summed E-state index contributed by atoms with van der Waals surface area (Å²) in [5, 5.41) is 2.94. The maximum absolute atomic E-state index is 12.4. The maximum Gasteiger partial charge on any atom is 0.225 e. The molecule has 6 nitrogen and oxygen atoms in total. The Labute approximate surface area is 133 Å². The van der Waals surface area contributed by atoms with Crippen molar-refractivity contribution in [2.75, 3.05) is 25.4 Å². The van der Waals surface area contributed by atoms with Crippen molar-refractivity contribution in [1.29, 1.82) is 0 Å². The van der Waals surface area contributed by atoms with E-state index in [1.54, 1.807) is 0 Å². The molecule has 0 aromatic carbocycles. The second-order valence-corrected chi connectivity index (χ2v) is 9.28. The number of nitrogens with zero attached hydrogens (tertiary/aromatic N) is 1. The number of morpholine rings is 1. The van der Waals surface area contributed by atoms with E-state index in [9.17, 15) is 13.2 Å². The van der Waals surface area contributed by atoms with Gasteiger partial charge in [0.25, 0.3) is 0 Å². The van der Waals surface area contributed by atoms with Crippen LogP contribution >= 0.6 is 0 Å². The molecule has 1 N–H and O–H groups in total. The molecular weight excluding hydrogens is 304 g/mol. The molecule has 2 aliphatic rings. The molecule has 1 amide bonds. The molecule has 22 heavy (non-hydrogen) atoms. The van der Waals surface area contributed by atoms with Crippen molar-refractivity contribution in [2.24, 2.45) is 17.8 Å². The van der Waals surface area contributed by atoms with E-state index in [0.29, 0.717) is 32.0 Å². The molecule has 128 valence electrons. The van der Waals surface area contributed by atoms with E-state index < -0.39 is 10.0 Å². The number of hydrogen-bond donors (Lipinski definition) is 1. The monoisotopic (exact) mass is 332 g/mol. The third-order valence-corrected chi connectivity index (χ3v) is 6.26. The van der Waals surface area contributed by atoms with E-state index >= 15 is 0 Å². The fourth-order valence-electron chi connectivity index (χ4n) is 3.09. The molecule has 2 heterocycles. The minimum absolute atomic E-state index is 0.00990. The van der Waals surface area contributed by atoms with Gasteiger partial charge in [-0.1, -0.05) is 27.7 Å². The smallest absolute Gasteiger partial charge is 0.225 e. The first-order chi connectivity index (χ1) is 10.2. The molecule has 0 aromatic rings. The lowest BCUT2D eigenvalue weighted by Crippen LogP contribution is -2.49. The molecule has 0 aromatic heterocycles. The Kier molecular flexibility index (Phi) is 5.50. The standard InChI is InChI=1S/C15H28N2O4S/c1-10(2)6-16-15(18)13-5-12-7-17(8-14(13)21-12)22(19,20)9-11(3)4/h10-14H,5-9H2,1-4H3,(H,16,18)/t12-,13+,14-/m0/s1. The number of carbonyl (C=O) groups is 1. The Bertz CT molecular complexity index is 504. The highest BCUT2D eigenvalue weighted by Crippen LogP contribution is 2.33. The van der Waals surface area contributed by atoms with Crippen LogP contribution in [0.25, 0.3) is 0 Å². The predicted octanol–water partition coefficient (Wildman–Crippen LogP) is 0.834. The highest BCUT2D eigenvalue weighted by atomic mass is 32.2. The molecule has 2 fully saturated rings. The molecule has 7 heteroatoms. The van der Waals surface area contributed by atoms with Crippen LogP contribution in [0.5, 0.6) is 0 Å². The summed E-state index contributed by atoms with van der Waals surface area (Å²) in [6, 6.07) is 0. The van der Waals surface area contributed by atoms with Crippen LogP contribution in [0.3, 0.4) is 0 Å². The Morgan fingerprint density at radius 2 is 1.91 bits per heavy atom. The number of fused-ring (bicyclic) bond motifs is 2. The van der Waals surface area contributed by atoms with Crippen molar-refractivity contribution in [3.8, 4) is 0 Å². The third kappa shape index (κ3) is 4.20. The van der Waals surface area contributed by atoms with Gasteiger partial charge >= 0.3 is 0 Å². The van der Waals surface area contributed by atoms with Crippen LogP contribution in [0.2, 0.25) is 0 Å². The summed E-state index contributed by atoms with van der Waals surface area (Å²) in [5.41, 5.74) is 0. The number of hydrogen-bond acceptors (Lipinski definition) is 4. The molecular formula is C15H28N2O4S. The Balaban J connectivity index is 1.99. The lowest BCUT2D eigenvalue weighted by Gasteiger charge is -2.32. The van der Waals surface area contributed by atoms with E-state index in [2.05, 4.69) is 5.32 Å². The van der Waals surface area contributed by atoms with Crippen LogP contribution < -0.4 is 5.32 Å². The number of rotatable bonds is 6. The number of carbonyl (C=O) groups excluding carboxylic acids is 1. The van der Waals surface area contributed by atoms with Crippen molar-refractivity contribution in [2.45, 2.75) is 46.3 Å². The Morgan fingerprint density at radius 3 is 2.50 bits per heavy atom. The number of amides is 1. The van der Waals surface area contributed by atoms with E-state index in [4.69, 9.17) is 4.74 Å². The van der Waals surface area contributed by atoms with Crippen LogP contribution in [0.15, 0.2) is 0 Å².